The number of fused-ring (bicyclic) bond motifs is 4. The number of hydrogen-bond donors (Lipinski definition) is 0. The van der Waals surface area contributed by atoms with Gasteiger partial charge in [-0.2, -0.15) is 0 Å². The molecule has 3 aliphatic heterocycles. The third-order valence-electron chi connectivity index (χ3n) is 5.77. The molecule has 3 saturated heterocycles. The number of aromatic nitrogens is 3. The maximum absolute atomic E-state index is 11.3. The van der Waals surface area contributed by atoms with Crippen LogP contribution in [0.4, 0.5) is 0 Å². The molecule has 3 fully saturated rings. The van der Waals surface area contributed by atoms with Crippen LogP contribution in [0.15, 0.2) is 42.7 Å². The molecule has 0 spiro atoms. The lowest BCUT2D eigenvalue weighted by molar-refractivity contribution is -0.128. The summed E-state index contributed by atoms with van der Waals surface area (Å²) in [6, 6.07) is 10.5. The van der Waals surface area contributed by atoms with Crippen molar-refractivity contribution in [2.45, 2.75) is 31.5 Å². The van der Waals surface area contributed by atoms with E-state index in [4.69, 9.17) is 16.6 Å². The van der Waals surface area contributed by atoms with Crippen molar-refractivity contribution in [3.05, 3.63) is 53.4 Å². The summed E-state index contributed by atoms with van der Waals surface area (Å²) in [6.45, 7) is 2.52. The molecule has 0 saturated carbocycles. The maximum Gasteiger partial charge on any atom is 0.210 e. The van der Waals surface area contributed by atoms with Crippen LogP contribution in [0.5, 0.6) is 0 Å². The quantitative estimate of drug-likeness (QED) is 0.652. The number of rotatable bonds is 4. The molecule has 3 aromatic rings. The minimum atomic E-state index is 0.323. The normalized spacial score (nSPS) is 22.5. The summed E-state index contributed by atoms with van der Waals surface area (Å²) >= 11 is 6.01. The first-order valence-electron chi connectivity index (χ1n) is 9.26. The highest BCUT2D eigenvalue weighted by Crippen LogP contribution is 2.31. The maximum atomic E-state index is 11.3. The molecule has 2 atom stereocenters. The third kappa shape index (κ3) is 2.89. The highest BCUT2D eigenvalue weighted by Gasteiger charge is 2.38. The van der Waals surface area contributed by atoms with Crippen molar-refractivity contribution in [2.24, 2.45) is 0 Å². The Labute approximate surface area is 162 Å². The number of piperidine rings is 2. The van der Waals surface area contributed by atoms with Gasteiger partial charge in [-0.25, -0.2) is 4.98 Å². The Balaban J connectivity index is 1.53. The second kappa shape index (κ2) is 6.62. The topological polar surface area (TPSA) is 53.7 Å². The lowest BCUT2D eigenvalue weighted by Crippen LogP contribution is -2.61. The fourth-order valence-corrected chi connectivity index (χ4v) is 4.49. The molecule has 7 heteroatoms. The zero-order valence-corrected chi connectivity index (χ0v) is 15.6. The van der Waals surface area contributed by atoms with Crippen molar-refractivity contribution < 1.29 is 4.79 Å². The minimum Gasteiger partial charge on any atom is -0.339 e. The van der Waals surface area contributed by atoms with Crippen LogP contribution in [0.2, 0.25) is 5.02 Å². The number of pyridine rings is 2. The largest absolute Gasteiger partial charge is 0.339 e. The summed E-state index contributed by atoms with van der Waals surface area (Å²) in [5.41, 5.74) is 3.77. The summed E-state index contributed by atoms with van der Waals surface area (Å²) in [5.74, 6) is 0. The lowest BCUT2D eigenvalue weighted by Gasteiger charge is -2.50. The van der Waals surface area contributed by atoms with E-state index in [9.17, 15) is 4.79 Å². The molecule has 2 unspecified atom stereocenters. The second-order valence-corrected chi connectivity index (χ2v) is 7.75. The molecule has 6 nitrogen and oxygen atoms in total. The number of carbonyl (C=O) groups is 1. The summed E-state index contributed by atoms with van der Waals surface area (Å²) in [4.78, 5) is 25.1. The Morgan fingerprint density at radius 2 is 2.04 bits per heavy atom. The van der Waals surface area contributed by atoms with Crippen LogP contribution < -0.4 is 0 Å². The number of hydrogen-bond acceptors (Lipinski definition) is 4. The highest BCUT2D eigenvalue weighted by molar-refractivity contribution is 6.30. The molecule has 0 aromatic carbocycles. The van der Waals surface area contributed by atoms with E-state index in [0.29, 0.717) is 17.1 Å². The molecule has 0 N–H and O–H groups in total. The van der Waals surface area contributed by atoms with Crippen LogP contribution in [0.1, 0.15) is 18.5 Å². The van der Waals surface area contributed by atoms with Crippen LogP contribution in [0, 0.1) is 0 Å². The Morgan fingerprint density at radius 3 is 2.78 bits per heavy atom. The van der Waals surface area contributed by atoms with Gasteiger partial charge in [0, 0.05) is 44.1 Å². The second-order valence-electron chi connectivity index (χ2n) is 7.31. The molecular formula is C20H20ClN5O. The van der Waals surface area contributed by atoms with Crippen LogP contribution in [-0.4, -0.2) is 55.8 Å². The van der Waals surface area contributed by atoms with E-state index in [1.807, 2.05) is 35.2 Å². The number of amides is 1. The minimum absolute atomic E-state index is 0.323. The molecule has 3 aromatic heterocycles. The van der Waals surface area contributed by atoms with Gasteiger partial charge in [-0.1, -0.05) is 17.7 Å². The predicted molar refractivity (Wildman–Crippen MR) is 103 cm³/mol. The van der Waals surface area contributed by atoms with Crippen LogP contribution in [-0.2, 0) is 11.3 Å². The van der Waals surface area contributed by atoms with Crippen LogP contribution >= 0.6 is 11.6 Å². The van der Waals surface area contributed by atoms with Gasteiger partial charge in [-0.05, 0) is 37.1 Å². The molecule has 6 rings (SSSR count). The van der Waals surface area contributed by atoms with Crippen molar-refractivity contribution in [1.82, 2.24) is 24.2 Å². The van der Waals surface area contributed by atoms with E-state index in [1.165, 1.54) is 0 Å². The van der Waals surface area contributed by atoms with E-state index < -0.39 is 0 Å². The summed E-state index contributed by atoms with van der Waals surface area (Å²) in [7, 11) is 0. The number of imidazole rings is 1. The molecule has 3 aliphatic rings. The number of carbonyl (C=O) groups excluding carboxylic acids is 1. The van der Waals surface area contributed by atoms with Crippen LogP contribution in [0.25, 0.3) is 17.0 Å². The fraction of sp³-hybridized carbons (Fsp3) is 0.350. The van der Waals surface area contributed by atoms with Crippen molar-refractivity contribution in [3.63, 3.8) is 0 Å². The van der Waals surface area contributed by atoms with Gasteiger partial charge in [0.15, 0.2) is 0 Å². The summed E-state index contributed by atoms with van der Waals surface area (Å²) in [6.07, 6.45) is 6.96. The monoisotopic (exact) mass is 381 g/mol. The van der Waals surface area contributed by atoms with Gasteiger partial charge in [0.05, 0.1) is 16.4 Å². The SMILES string of the molecule is O=CN1CC2CCC1CN2Cc1c(-c2ccc(Cl)cn2)nc2ccccn12. The van der Waals surface area contributed by atoms with Gasteiger partial charge in [-0.3, -0.25) is 14.7 Å². The zero-order valence-electron chi connectivity index (χ0n) is 14.8. The van der Waals surface area contributed by atoms with Gasteiger partial charge in [0.2, 0.25) is 6.41 Å². The Hall–Kier alpha value is -2.44. The fourth-order valence-electron chi connectivity index (χ4n) is 4.38. The van der Waals surface area contributed by atoms with E-state index in [2.05, 4.69) is 20.5 Å². The van der Waals surface area contributed by atoms with Gasteiger partial charge < -0.3 is 9.30 Å². The van der Waals surface area contributed by atoms with Crippen molar-refractivity contribution in [2.75, 3.05) is 13.1 Å². The Morgan fingerprint density at radius 1 is 1.15 bits per heavy atom. The molecule has 6 heterocycles. The smallest absolute Gasteiger partial charge is 0.210 e. The first kappa shape index (κ1) is 16.7. The third-order valence-corrected chi connectivity index (χ3v) is 6.00. The van der Waals surface area contributed by atoms with E-state index >= 15 is 0 Å². The molecule has 1 amide bonds. The summed E-state index contributed by atoms with van der Waals surface area (Å²) < 4.78 is 2.14. The zero-order chi connectivity index (χ0) is 18.4. The molecule has 2 bridgehead atoms. The van der Waals surface area contributed by atoms with E-state index in [1.54, 1.807) is 6.20 Å². The summed E-state index contributed by atoms with van der Waals surface area (Å²) in [5, 5.41) is 0.617. The van der Waals surface area contributed by atoms with Gasteiger partial charge in [0.25, 0.3) is 0 Å². The Bertz CT molecular complexity index is 986. The molecule has 27 heavy (non-hydrogen) atoms. The van der Waals surface area contributed by atoms with E-state index in [0.717, 1.165) is 61.6 Å². The highest BCUT2D eigenvalue weighted by atomic mass is 35.5. The van der Waals surface area contributed by atoms with Crippen molar-refractivity contribution in [1.29, 1.82) is 0 Å². The molecule has 0 aliphatic carbocycles. The van der Waals surface area contributed by atoms with Crippen LogP contribution in [0.3, 0.4) is 0 Å². The molecule has 138 valence electrons. The van der Waals surface area contributed by atoms with Crippen molar-refractivity contribution >= 4 is 23.7 Å². The van der Waals surface area contributed by atoms with Gasteiger partial charge in [0.1, 0.15) is 11.3 Å². The van der Waals surface area contributed by atoms with Gasteiger partial charge in [-0.15, -0.1) is 0 Å². The molecule has 0 radical (unpaired) electrons. The number of halogens is 1. The predicted octanol–water partition coefficient (Wildman–Crippen LogP) is 2.85. The lowest BCUT2D eigenvalue weighted by atomic mass is 9.91. The van der Waals surface area contributed by atoms with Crippen molar-refractivity contribution in [3.8, 4) is 11.4 Å². The number of nitrogens with zero attached hydrogens (tertiary/aromatic N) is 5. The standard InChI is InChI=1S/C20H20ClN5O/c21-14-4-7-17(22-9-14)20-18(26-8-2-1-3-19(26)23-20)12-24-10-16-6-5-15(24)11-25(16)13-27/h1-4,7-9,13,15-16H,5-6,10-12H2. The Kier molecular flexibility index (Phi) is 4.10. The molecular weight excluding hydrogens is 362 g/mol. The average Bonchev–Trinajstić information content (AvgIpc) is 3.07. The number of piperazine rings is 1. The first-order chi connectivity index (χ1) is 13.2. The average molecular weight is 382 g/mol. The first-order valence-corrected chi connectivity index (χ1v) is 9.63. The van der Waals surface area contributed by atoms with E-state index in [-0.39, 0.29) is 0 Å². The van der Waals surface area contributed by atoms with Gasteiger partial charge >= 0.3 is 0 Å².